The van der Waals surface area contributed by atoms with E-state index in [1.54, 1.807) is 24.0 Å². The Morgan fingerprint density at radius 2 is 1.88 bits per heavy atom. The van der Waals surface area contributed by atoms with Crippen LogP contribution in [0.3, 0.4) is 0 Å². The Labute approximate surface area is 202 Å². The fourth-order valence-corrected chi connectivity index (χ4v) is 5.38. The molecule has 0 spiro atoms. The maximum Gasteiger partial charge on any atom is 0.312 e. The number of esters is 1. The predicted molar refractivity (Wildman–Crippen MR) is 128 cm³/mol. The van der Waals surface area contributed by atoms with Gasteiger partial charge < -0.3 is 19.9 Å². The van der Waals surface area contributed by atoms with Crippen molar-refractivity contribution in [1.82, 2.24) is 15.1 Å². The van der Waals surface area contributed by atoms with Crippen LogP contribution in [0, 0.1) is 5.92 Å². The first-order valence-corrected chi connectivity index (χ1v) is 12.4. The van der Waals surface area contributed by atoms with Gasteiger partial charge in [-0.1, -0.05) is 17.7 Å². The van der Waals surface area contributed by atoms with E-state index in [1.165, 1.54) is 22.5 Å². The van der Waals surface area contributed by atoms with Crippen molar-refractivity contribution >= 4 is 40.7 Å². The van der Waals surface area contributed by atoms with Crippen LogP contribution in [0.1, 0.15) is 38.1 Å². The number of likely N-dealkylation sites (tertiary alicyclic amines) is 1. The van der Waals surface area contributed by atoms with Crippen LogP contribution in [0.15, 0.2) is 30.3 Å². The molecule has 0 aliphatic carbocycles. The molecule has 1 aromatic heterocycles. The number of hydrogen-bond donors (Lipinski definition) is 1. The Bertz CT molecular complexity index is 1060. The van der Waals surface area contributed by atoms with Gasteiger partial charge in [-0.3, -0.25) is 14.4 Å². The van der Waals surface area contributed by atoms with Crippen molar-refractivity contribution in [2.45, 2.75) is 25.8 Å². The van der Waals surface area contributed by atoms with Gasteiger partial charge in [-0.25, -0.2) is 0 Å². The number of rotatable bonds is 5. The molecule has 176 valence electrons. The van der Waals surface area contributed by atoms with Crippen LogP contribution in [0.4, 0.5) is 0 Å². The average Bonchev–Trinajstić information content (AvgIpc) is 3.37. The van der Waals surface area contributed by atoms with Crippen molar-refractivity contribution in [1.29, 1.82) is 0 Å². The van der Waals surface area contributed by atoms with Crippen molar-refractivity contribution in [3.05, 3.63) is 56.2 Å². The SMILES string of the molecule is CCOC(=O)[C@H]1CN(C(=O)c2ccc3c(c2)CCN(C)CC3)C[C@@H]1NC(=O)c1ccc(Cl)s1. The van der Waals surface area contributed by atoms with Crippen LogP contribution >= 0.6 is 22.9 Å². The van der Waals surface area contributed by atoms with E-state index < -0.39 is 17.9 Å². The van der Waals surface area contributed by atoms with Crippen LogP contribution in [-0.2, 0) is 22.4 Å². The second-order valence-corrected chi connectivity index (χ2v) is 10.3. The summed E-state index contributed by atoms with van der Waals surface area (Å²) in [5, 5.41) is 2.91. The van der Waals surface area contributed by atoms with Gasteiger partial charge in [0.25, 0.3) is 11.8 Å². The standard InChI is InChI=1S/C24H28ClN3O4S/c1-3-32-24(31)18-13-28(14-19(18)26-22(29)20-6-7-21(25)33-20)23(30)17-5-4-15-8-10-27(2)11-9-16(15)12-17/h4-7,12,18-19H,3,8-11,13-14H2,1-2H3,(H,26,29)/t18-,19-/m0/s1. The molecule has 2 aliphatic rings. The second-order valence-electron chi connectivity index (χ2n) is 8.54. The molecule has 2 amide bonds. The number of amides is 2. The topological polar surface area (TPSA) is 79.0 Å². The maximum absolute atomic E-state index is 13.3. The molecule has 1 saturated heterocycles. The van der Waals surface area contributed by atoms with Gasteiger partial charge in [0.15, 0.2) is 0 Å². The largest absolute Gasteiger partial charge is 0.466 e. The van der Waals surface area contributed by atoms with Crippen molar-refractivity contribution in [2.75, 3.05) is 39.8 Å². The molecule has 2 atom stereocenters. The van der Waals surface area contributed by atoms with E-state index in [2.05, 4.69) is 17.3 Å². The Hall–Kier alpha value is -2.42. The molecule has 7 nitrogen and oxygen atoms in total. The van der Waals surface area contributed by atoms with Crippen LogP contribution in [0.2, 0.25) is 4.34 Å². The van der Waals surface area contributed by atoms with E-state index in [0.29, 0.717) is 14.8 Å². The normalized spacial score (nSPS) is 20.8. The van der Waals surface area contributed by atoms with Crippen molar-refractivity contribution in [3.63, 3.8) is 0 Å². The summed E-state index contributed by atoms with van der Waals surface area (Å²) in [6.07, 6.45) is 1.87. The van der Waals surface area contributed by atoms with Gasteiger partial charge in [-0.2, -0.15) is 0 Å². The van der Waals surface area contributed by atoms with Crippen molar-refractivity contribution in [2.24, 2.45) is 5.92 Å². The zero-order chi connectivity index (χ0) is 23.5. The third kappa shape index (κ3) is 5.39. The molecule has 1 N–H and O–H groups in total. The first-order chi connectivity index (χ1) is 15.9. The van der Waals surface area contributed by atoms with E-state index in [4.69, 9.17) is 16.3 Å². The van der Waals surface area contributed by atoms with Gasteiger partial charge in [0.05, 0.1) is 27.8 Å². The first-order valence-electron chi connectivity index (χ1n) is 11.2. The molecule has 0 unspecified atom stereocenters. The fraction of sp³-hybridized carbons (Fsp3) is 0.458. The van der Waals surface area contributed by atoms with E-state index >= 15 is 0 Å². The molecular formula is C24H28ClN3O4S. The Morgan fingerprint density at radius 1 is 1.12 bits per heavy atom. The zero-order valence-corrected chi connectivity index (χ0v) is 20.4. The monoisotopic (exact) mass is 489 g/mol. The average molecular weight is 490 g/mol. The Morgan fingerprint density at radius 3 is 2.58 bits per heavy atom. The highest BCUT2D eigenvalue weighted by atomic mass is 35.5. The summed E-state index contributed by atoms with van der Waals surface area (Å²) in [6.45, 7) is 4.39. The van der Waals surface area contributed by atoms with Crippen LogP contribution in [0.5, 0.6) is 0 Å². The summed E-state index contributed by atoms with van der Waals surface area (Å²) in [4.78, 5) is 43.0. The number of nitrogens with zero attached hydrogens (tertiary/aromatic N) is 2. The number of ether oxygens (including phenoxy) is 1. The van der Waals surface area contributed by atoms with E-state index in [-0.39, 0.29) is 31.5 Å². The lowest BCUT2D eigenvalue weighted by atomic mass is 9.99. The number of nitrogens with one attached hydrogen (secondary N) is 1. The molecule has 1 fully saturated rings. The van der Waals surface area contributed by atoms with Gasteiger partial charge in [0.1, 0.15) is 0 Å². The third-order valence-electron chi connectivity index (χ3n) is 6.29. The molecular weight excluding hydrogens is 462 g/mol. The second kappa shape index (κ2) is 10.2. The number of halogens is 1. The highest BCUT2D eigenvalue weighted by Gasteiger charge is 2.41. The molecule has 4 rings (SSSR count). The summed E-state index contributed by atoms with van der Waals surface area (Å²) in [5.41, 5.74) is 3.09. The van der Waals surface area contributed by atoms with Crippen molar-refractivity contribution in [3.8, 4) is 0 Å². The highest BCUT2D eigenvalue weighted by molar-refractivity contribution is 7.18. The number of hydrogen-bond acceptors (Lipinski definition) is 6. The van der Waals surface area contributed by atoms with Gasteiger partial charge in [0.2, 0.25) is 0 Å². The number of carbonyl (C=O) groups is 3. The minimum absolute atomic E-state index is 0.138. The summed E-state index contributed by atoms with van der Waals surface area (Å²) in [5.74, 6) is -1.48. The third-order valence-corrected chi connectivity index (χ3v) is 7.52. The summed E-state index contributed by atoms with van der Waals surface area (Å²) >= 11 is 7.12. The van der Waals surface area contributed by atoms with Gasteiger partial charge in [-0.15, -0.1) is 11.3 Å². The van der Waals surface area contributed by atoms with Crippen LogP contribution in [0.25, 0.3) is 0 Å². The van der Waals surface area contributed by atoms with Gasteiger partial charge in [0, 0.05) is 31.7 Å². The molecule has 9 heteroatoms. The zero-order valence-electron chi connectivity index (χ0n) is 18.8. The van der Waals surface area contributed by atoms with E-state index in [9.17, 15) is 14.4 Å². The van der Waals surface area contributed by atoms with Crippen molar-refractivity contribution < 1.29 is 19.1 Å². The molecule has 33 heavy (non-hydrogen) atoms. The minimum atomic E-state index is -0.622. The van der Waals surface area contributed by atoms with Crippen LogP contribution in [-0.4, -0.2) is 73.5 Å². The Kier molecular flexibility index (Phi) is 7.36. The van der Waals surface area contributed by atoms with Crippen LogP contribution < -0.4 is 5.32 Å². The molecule has 2 aliphatic heterocycles. The number of fused-ring (bicyclic) bond motifs is 1. The quantitative estimate of drug-likeness (QED) is 0.653. The first kappa shape index (κ1) is 23.7. The van der Waals surface area contributed by atoms with E-state index in [1.807, 2.05) is 18.2 Å². The molecule has 0 saturated carbocycles. The molecule has 3 heterocycles. The number of likely N-dealkylation sites (N-methyl/N-ethyl adjacent to an activating group) is 1. The smallest absolute Gasteiger partial charge is 0.312 e. The molecule has 2 aromatic rings. The predicted octanol–water partition coefficient (Wildman–Crippen LogP) is 2.87. The number of carbonyl (C=O) groups excluding carboxylic acids is 3. The Balaban J connectivity index is 1.51. The minimum Gasteiger partial charge on any atom is -0.466 e. The molecule has 0 bridgehead atoms. The fourth-order valence-electron chi connectivity index (χ4n) is 4.43. The van der Waals surface area contributed by atoms with E-state index in [0.717, 1.165) is 25.9 Å². The molecule has 1 aromatic carbocycles. The molecule has 0 radical (unpaired) electrons. The number of benzene rings is 1. The summed E-state index contributed by atoms with van der Waals surface area (Å²) in [7, 11) is 2.11. The lowest BCUT2D eigenvalue weighted by Gasteiger charge is -2.18. The maximum atomic E-state index is 13.3. The summed E-state index contributed by atoms with van der Waals surface area (Å²) < 4.78 is 5.74. The lowest BCUT2D eigenvalue weighted by molar-refractivity contribution is -0.147. The number of thiophene rings is 1. The summed E-state index contributed by atoms with van der Waals surface area (Å²) in [6, 6.07) is 8.66. The van der Waals surface area contributed by atoms with Gasteiger partial charge >= 0.3 is 5.97 Å². The highest BCUT2D eigenvalue weighted by Crippen LogP contribution is 2.25. The van der Waals surface area contributed by atoms with Gasteiger partial charge in [-0.05, 0) is 62.2 Å². The lowest BCUT2D eigenvalue weighted by Crippen LogP contribution is -2.43.